The third-order valence-corrected chi connectivity index (χ3v) is 5.45. The number of hydrogen-bond acceptors (Lipinski definition) is 5. The first-order chi connectivity index (χ1) is 16.6. The predicted octanol–water partition coefficient (Wildman–Crippen LogP) is 3.79. The van der Waals surface area contributed by atoms with Gasteiger partial charge in [-0.05, 0) is 24.6 Å². The summed E-state index contributed by atoms with van der Waals surface area (Å²) >= 11 is 0. The molecule has 0 saturated carbocycles. The van der Waals surface area contributed by atoms with Crippen LogP contribution < -0.4 is 26.6 Å². The van der Waals surface area contributed by atoms with Crippen LogP contribution >= 0.6 is 0 Å². The zero-order valence-electron chi connectivity index (χ0n) is 19.2. The molecule has 1 aromatic heterocycles. The fourth-order valence-corrected chi connectivity index (χ4v) is 3.69. The molecule has 0 atom stereocenters. The summed E-state index contributed by atoms with van der Waals surface area (Å²) in [5.41, 5.74) is 2.58. The van der Waals surface area contributed by atoms with Gasteiger partial charge in [0.15, 0.2) is 5.69 Å². The maximum absolute atomic E-state index is 13.7. The molecule has 1 amide bonds. The van der Waals surface area contributed by atoms with Gasteiger partial charge in [-0.15, -0.1) is 0 Å². The molecule has 3 rings (SSSR count). The SMILES string of the molecule is CCCCn1c(N)c(N(Cc2ccccc2OC)C(=O)c2ccccc2C(F)(F)F)c(=O)[nH]c1=O. The van der Waals surface area contributed by atoms with Gasteiger partial charge >= 0.3 is 11.9 Å². The molecule has 0 aliphatic carbocycles. The zero-order chi connectivity index (χ0) is 25.8. The summed E-state index contributed by atoms with van der Waals surface area (Å²) in [6.45, 7) is 1.70. The molecule has 3 aromatic rings. The summed E-state index contributed by atoms with van der Waals surface area (Å²) in [6, 6.07) is 10.8. The minimum atomic E-state index is -4.82. The standard InChI is InChI=1S/C24H25F3N4O4/c1-3-4-13-30-20(28)19(21(32)29-23(30)34)31(14-15-9-5-8-12-18(15)35-2)22(33)16-10-6-7-11-17(16)24(25,26)27/h5-12H,3-4,13-14,28H2,1-2H3,(H,29,32,34). The quantitative estimate of drug-likeness (QED) is 0.499. The van der Waals surface area contributed by atoms with E-state index >= 15 is 0 Å². The lowest BCUT2D eigenvalue weighted by Gasteiger charge is -2.26. The number of H-pyrrole nitrogens is 1. The topological polar surface area (TPSA) is 110 Å². The first-order valence-corrected chi connectivity index (χ1v) is 10.8. The predicted molar refractivity (Wildman–Crippen MR) is 126 cm³/mol. The van der Waals surface area contributed by atoms with Gasteiger partial charge in [-0.2, -0.15) is 13.2 Å². The molecule has 3 N–H and O–H groups in total. The summed E-state index contributed by atoms with van der Waals surface area (Å²) < 4.78 is 47.5. The average Bonchev–Trinajstić information content (AvgIpc) is 2.82. The zero-order valence-corrected chi connectivity index (χ0v) is 19.2. The van der Waals surface area contributed by atoms with Crippen LogP contribution in [0.4, 0.5) is 24.7 Å². The van der Waals surface area contributed by atoms with E-state index in [1.54, 1.807) is 24.3 Å². The van der Waals surface area contributed by atoms with E-state index in [0.29, 0.717) is 24.2 Å². The highest BCUT2D eigenvalue weighted by atomic mass is 19.4. The van der Waals surface area contributed by atoms with Gasteiger partial charge in [0.25, 0.3) is 11.5 Å². The second-order valence-corrected chi connectivity index (χ2v) is 7.74. The van der Waals surface area contributed by atoms with Gasteiger partial charge in [0.2, 0.25) is 0 Å². The third-order valence-electron chi connectivity index (χ3n) is 5.45. The van der Waals surface area contributed by atoms with Crippen molar-refractivity contribution in [1.29, 1.82) is 0 Å². The Hall–Kier alpha value is -4.02. The second kappa shape index (κ2) is 10.5. The number of aromatic nitrogens is 2. The molecule has 0 aliphatic heterocycles. The Morgan fingerprint density at radius 1 is 1.11 bits per heavy atom. The number of para-hydroxylation sites is 1. The summed E-state index contributed by atoms with van der Waals surface area (Å²) in [7, 11) is 1.40. The number of nitrogens with zero attached hydrogens (tertiary/aromatic N) is 2. The Morgan fingerprint density at radius 2 is 1.77 bits per heavy atom. The number of nitrogens with two attached hydrogens (primary N) is 1. The number of anilines is 2. The van der Waals surface area contributed by atoms with Crippen molar-refractivity contribution in [1.82, 2.24) is 9.55 Å². The molecule has 0 unspecified atom stereocenters. The molecule has 0 bridgehead atoms. The molecule has 0 spiro atoms. The highest BCUT2D eigenvalue weighted by Crippen LogP contribution is 2.34. The lowest BCUT2D eigenvalue weighted by Crippen LogP contribution is -2.41. The highest BCUT2D eigenvalue weighted by Gasteiger charge is 2.37. The number of aromatic amines is 1. The first kappa shape index (κ1) is 25.6. The number of carbonyl (C=O) groups is 1. The van der Waals surface area contributed by atoms with Gasteiger partial charge < -0.3 is 10.5 Å². The Morgan fingerprint density at radius 3 is 2.43 bits per heavy atom. The van der Waals surface area contributed by atoms with Crippen molar-refractivity contribution < 1.29 is 22.7 Å². The number of hydrogen-bond donors (Lipinski definition) is 2. The van der Waals surface area contributed by atoms with Crippen LogP contribution in [-0.4, -0.2) is 22.6 Å². The van der Waals surface area contributed by atoms with E-state index in [2.05, 4.69) is 4.98 Å². The number of methoxy groups -OCH3 is 1. The van der Waals surface area contributed by atoms with Crippen molar-refractivity contribution in [2.24, 2.45) is 0 Å². The Bertz CT molecular complexity index is 1330. The lowest BCUT2D eigenvalue weighted by molar-refractivity contribution is -0.137. The largest absolute Gasteiger partial charge is 0.496 e. The maximum Gasteiger partial charge on any atom is 0.417 e. The molecule has 0 fully saturated rings. The highest BCUT2D eigenvalue weighted by molar-refractivity contribution is 6.08. The number of nitrogens with one attached hydrogen (secondary N) is 1. The fourth-order valence-electron chi connectivity index (χ4n) is 3.69. The fraction of sp³-hybridized carbons (Fsp3) is 0.292. The Labute approximate surface area is 198 Å². The van der Waals surface area contributed by atoms with Crippen LogP contribution in [0.25, 0.3) is 0 Å². The molecule has 0 saturated heterocycles. The van der Waals surface area contributed by atoms with Crippen molar-refractivity contribution in [2.75, 3.05) is 17.7 Å². The smallest absolute Gasteiger partial charge is 0.417 e. The van der Waals surface area contributed by atoms with Crippen LogP contribution in [0, 0.1) is 0 Å². The number of amides is 1. The van der Waals surface area contributed by atoms with E-state index in [1.165, 1.54) is 13.2 Å². The van der Waals surface area contributed by atoms with Crippen LogP contribution in [0.2, 0.25) is 0 Å². The third kappa shape index (κ3) is 5.39. The van der Waals surface area contributed by atoms with Gasteiger partial charge in [-0.1, -0.05) is 43.7 Å². The first-order valence-electron chi connectivity index (χ1n) is 10.8. The lowest BCUT2D eigenvalue weighted by atomic mass is 10.0. The number of halogens is 3. The minimum absolute atomic E-state index is 0.154. The number of benzene rings is 2. The number of alkyl halides is 3. The van der Waals surface area contributed by atoms with Gasteiger partial charge in [0, 0.05) is 12.1 Å². The van der Waals surface area contributed by atoms with Crippen molar-refractivity contribution in [3.63, 3.8) is 0 Å². The molecule has 2 aromatic carbocycles. The molecule has 0 aliphatic rings. The molecular weight excluding hydrogens is 465 g/mol. The Balaban J connectivity index is 2.26. The van der Waals surface area contributed by atoms with Crippen LogP contribution in [-0.2, 0) is 19.3 Å². The molecule has 8 nitrogen and oxygen atoms in total. The van der Waals surface area contributed by atoms with E-state index in [-0.39, 0.29) is 18.9 Å². The van der Waals surface area contributed by atoms with Crippen LogP contribution in [0.1, 0.15) is 41.3 Å². The monoisotopic (exact) mass is 490 g/mol. The number of ether oxygens (including phenoxy) is 1. The molecular formula is C24H25F3N4O4. The summed E-state index contributed by atoms with van der Waals surface area (Å²) in [5, 5.41) is 0. The molecule has 186 valence electrons. The van der Waals surface area contributed by atoms with E-state index in [4.69, 9.17) is 10.5 Å². The van der Waals surface area contributed by atoms with Crippen LogP contribution in [0.5, 0.6) is 5.75 Å². The van der Waals surface area contributed by atoms with Gasteiger partial charge in [-0.25, -0.2) is 4.79 Å². The number of unbranched alkanes of at least 4 members (excludes halogenated alkanes) is 1. The molecule has 1 heterocycles. The van der Waals surface area contributed by atoms with Crippen molar-refractivity contribution in [3.8, 4) is 5.75 Å². The summed E-state index contributed by atoms with van der Waals surface area (Å²) in [4.78, 5) is 41.9. The van der Waals surface area contributed by atoms with Gasteiger partial charge in [0.1, 0.15) is 11.6 Å². The van der Waals surface area contributed by atoms with Crippen molar-refractivity contribution in [3.05, 3.63) is 86.1 Å². The summed E-state index contributed by atoms with van der Waals surface area (Å²) in [6.07, 6.45) is -3.56. The summed E-state index contributed by atoms with van der Waals surface area (Å²) in [5.74, 6) is -1.08. The van der Waals surface area contributed by atoms with Crippen LogP contribution in [0.3, 0.4) is 0 Å². The molecule has 0 radical (unpaired) electrons. The van der Waals surface area contributed by atoms with E-state index in [9.17, 15) is 27.6 Å². The number of rotatable bonds is 8. The van der Waals surface area contributed by atoms with E-state index < -0.39 is 40.1 Å². The van der Waals surface area contributed by atoms with Gasteiger partial charge in [-0.3, -0.25) is 24.0 Å². The van der Waals surface area contributed by atoms with Gasteiger partial charge in [0.05, 0.1) is 24.8 Å². The second-order valence-electron chi connectivity index (χ2n) is 7.74. The minimum Gasteiger partial charge on any atom is -0.496 e. The van der Waals surface area contributed by atoms with E-state index in [1.807, 2.05) is 6.92 Å². The van der Waals surface area contributed by atoms with Crippen molar-refractivity contribution in [2.45, 2.75) is 39.0 Å². The van der Waals surface area contributed by atoms with E-state index in [0.717, 1.165) is 27.7 Å². The Kier molecular flexibility index (Phi) is 7.68. The van der Waals surface area contributed by atoms with Crippen molar-refractivity contribution >= 4 is 17.4 Å². The maximum atomic E-state index is 13.7. The normalized spacial score (nSPS) is 11.3. The molecule has 11 heteroatoms. The van der Waals surface area contributed by atoms with Crippen LogP contribution in [0.15, 0.2) is 58.1 Å². The number of carbonyl (C=O) groups excluding carboxylic acids is 1. The molecule has 35 heavy (non-hydrogen) atoms. The average molecular weight is 490 g/mol. The number of nitrogen functional groups attached to an aromatic ring is 1.